The van der Waals surface area contributed by atoms with Crippen LogP contribution in [-0.2, 0) is 6.42 Å². The maximum Gasteiger partial charge on any atom is 0.139 e. The van der Waals surface area contributed by atoms with E-state index in [0.717, 1.165) is 23.5 Å². The van der Waals surface area contributed by atoms with Crippen molar-refractivity contribution in [1.82, 2.24) is 9.97 Å². The first kappa shape index (κ1) is 11.5. The summed E-state index contributed by atoms with van der Waals surface area (Å²) in [6.07, 6.45) is 1.00. The lowest BCUT2D eigenvalue weighted by molar-refractivity contribution is 0.634. The lowest BCUT2D eigenvalue weighted by Crippen LogP contribution is -2.00. The van der Waals surface area contributed by atoms with E-state index in [0.29, 0.717) is 10.6 Å². The molecule has 0 radical (unpaired) electrons. The number of aromatic nitrogens is 2. The van der Waals surface area contributed by atoms with Gasteiger partial charge in [0, 0.05) is 16.6 Å². The summed E-state index contributed by atoms with van der Waals surface area (Å²) in [6, 6.07) is 4.00. The number of nitrogens with one attached hydrogen (secondary N) is 1. The van der Waals surface area contributed by atoms with Crippen molar-refractivity contribution in [2.75, 3.05) is 0 Å². The van der Waals surface area contributed by atoms with Gasteiger partial charge in [-0.15, -0.1) is 0 Å². The van der Waals surface area contributed by atoms with E-state index in [2.05, 4.69) is 35.3 Å². The van der Waals surface area contributed by atoms with Gasteiger partial charge in [-0.25, -0.2) is 4.98 Å². The van der Waals surface area contributed by atoms with Crippen LogP contribution in [0.25, 0.3) is 11.4 Å². The molecule has 0 atom stereocenters. The lowest BCUT2D eigenvalue weighted by Gasteiger charge is -2.07. The van der Waals surface area contributed by atoms with Crippen molar-refractivity contribution in [2.24, 2.45) is 5.92 Å². The van der Waals surface area contributed by atoms with Crippen LogP contribution < -0.4 is 0 Å². The number of aromatic amines is 1. The molecule has 0 bridgehead atoms. The van der Waals surface area contributed by atoms with Crippen LogP contribution in [0.3, 0.4) is 0 Å². The molecule has 0 unspecified atom stereocenters. The summed E-state index contributed by atoms with van der Waals surface area (Å²) in [5.41, 5.74) is 2.28. The monoisotopic (exact) mass is 250 g/mol. The van der Waals surface area contributed by atoms with Crippen molar-refractivity contribution in [3.8, 4) is 11.4 Å². The minimum absolute atomic E-state index is 0.614. The third kappa shape index (κ3) is 2.77. The molecular weight excluding hydrogens is 236 g/mol. The van der Waals surface area contributed by atoms with E-state index in [1.54, 1.807) is 11.3 Å². The molecule has 0 aliphatic carbocycles. The highest BCUT2D eigenvalue weighted by Gasteiger charge is 2.04. The van der Waals surface area contributed by atoms with Crippen molar-refractivity contribution < 1.29 is 0 Å². The van der Waals surface area contributed by atoms with Gasteiger partial charge in [-0.3, -0.25) is 0 Å². The Hall–Kier alpha value is -1.00. The molecule has 84 valence electrons. The average molecular weight is 250 g/mol. The van der Waals surface area contributed by atoms with Gasteiger partial charge in [0.2, 0.25) is 0 Å². The summed E-state index contributed by atoms with van der Waals surface area (Å²) >= 11 is 6.85. The smallest absolute Gasteiger partial charge is 0.139 e. The third-order valence-corrected chi connectivity index (χ3v) is 3.11. The van der Waals surface area contributed by atoms with Crippen LogP contribution >= 0.6 is 23.6 Å². The molecule has 2 aromatic heterocycles. The van der Waals surface area contributed by atoms with Gasteiger partial charge in [0.05, 0.1) is 0 Å². The molecule has 4 heteroatoms. The number of rotatable bonds is 3. The minimum Gasteiger partial charge on any atom is -0.343 e. The zero-order chi connectivity index (χ0) is 11.5. The van der Waals surface area contributed by atoms with Crippen molar-refractivity contribution in [3.05, 3.63) is 33.2 Å². The van der Waals surface area contributed by atoms with E-state index in [1.807, 2.05) is 11.4 Å². The second-order valence-electron chi connectivity index (χ2n) is 4.20. The fraction of sp³-hybridized carbons (Fsp3) is 0.333. The Morgan fingerprint density at radius 2 is 2.31 bits per heavy atom. The normalized spacial score (nSPS) is 10.9. The van der Waals surface area contributed by atoms with Crippen LogP contribution in [0.15, 0.2) is 22.9 Å². The van der Waals surface area contributed by atoms with E-state index in [4.69, 9.17) is 12.2 Å². The first-order chi connectivity index (χ1) is 7.65. The summed E-state index contributed by atoms with van der Waals surface area (Å²) in [6.45, 7) is 4.39. The zero-order valence-electron chi connectivity index (χ0n) is 9.36. The standard InChI is InChI=1S/C12H14N2S2/c1-8(2)5-10-6-11(15)14-12(13-10)9-3-4-16-7-9/h3-4,6-8H,5H2,1-2H3,(H,13,14,15). The molecule has 0 saturated heterocycles. The highest BCUT2D eigenvalue weighted by atomic mass is 32.1. The average Bonchev–Trinajstić information content (AvgIpc) is 2.67. The molecule has 2 heterocycles. The molecule has 0 amide bonds. The Kier molecular flexibility index (Phi) is 3.51. The maximum atomic E-state index is 5.19. The molecule has 2 aromatic rings. The number of hydrogen-bond donors (Lipinski definition) is 1. The highest BCUT2D eigenvalue weighted by molar-refractivity contribution is 7.71. The summed E-state index contributed by atoms with van der Waals surface area (Å²) in [5.74, 6) is 1.49. The SMILES string of the molecule is CC(C)Cc1cc(=S)nc(-c2ccsc2)[nH]1. The van der Waals surface area contributed by atoms with Gasteiger partial charge < -0.3 is 4.98 Å². The van der Waals surface area contributed by atoms with E-state index in [-0.39, 0.29) is 0 Å². The fourth-order valence-corrected chi connectivity index (χ4v) is 2.47. The Labute approximate surface area is 104 Å². The Bertz CT molecular complexity index is 512. The van der Waals surface area contributed by atoms with Gasteiger partial charge in [0.1, 0.15) is 10.5 Å². The van der Waals surface area contributed by atoms with Gasteiger partial charge >= 0.3 is 0 Å². The van der Waals surface area contributed by atoms with Gasteiger partial charge in [-0.2, -0.15) is 11.3 Å². The first-order valence-corrected chi connectivity index (χ1v) is 6.63. The van der Waals surface area contributed by atoms with Crippen LogP contribution in [0.1, 0.15) is 19.5 Å². The Morgan fingerprint density at radius 3 is 2.94 bits per heavy atom. The molecule has 16 heavy (non-hydrogen) atoms. The van der Waals surface area contributed by atoms with Gasteiger partial charge in [0.15, 0.2) is 0 Å². The molecule has 0 spiro atoms. The van der Waals surface area contributed by atoms with Crippen LogP contribution in [0.2, 0.25) is 0 Å². The quantitative estimate of drug-likeness (QED) is 0.832. The molecule has 2 nitrogen and oxygen atoms in total. The second kappa shape index (κ2) is 4.89. The van der Waals surface area contributed by atoms with Crippen molar-refractivity contribution >= 4 is 23.6 Å². The second-order valence-corrected chi connectivity index (χ2v) is 5.40. The van der Waals surface area contributed by atoms with Crippen LogP contribution in [-0.4, -0.2) is 9.97 Å². The number of H-pyrrole nitrogens is 1. The number of hydrogen-bond acceptors (Lipinski definition) is 3. The summed E-state index contributed by atoms with van der Waals surface area (Å²) < 4.78 is 0.663. The lowest BCUT2D eigenvalue weighted by atomic mass is 10.1. The Balaban J connectivity index is 2.40. The van der Waals surface area contributed by atoms with E-state index in [9.17, 15) is 0 Å². The molecule has 0 aromatic carbocycles. The summed E-state index contributed by atoms with van der Waals surface area (Å²) in [4.78, 5) is 7.70. The van der Waals surface area contributed by atoms with Crippen molar-refractivity contribution in [3.63, 3.8) is 0 Å². The van der Waals surface area contributed by atoms with Crippen LogP contribution in [0, 0.1) is 10.6 Å². The predicted octanol–water partition coefficient (Wildman–Crippen LogP) is 4.07. The van der Waals surface area contributed by atoms with E-state index < -0.39 is 0 Å². The largest absolute Gasteiger partial charge is 0.343 e. The summed E-state index contributed by atoms with van der Waals surface area (Å²) in [5, 5.41) is 4.12. The van der Waals surface area contributed by atoms with Crippen molar-refractivity contribution in [1.29, 1.82) is 0 Å². The van der Waals surface area contributed by atoms with Gasteiger partial charge in [-0.1, -0.05) is 26.1 Å². The molecule has 0 saturated carbocycles. The zero-order valence-corrected chi connectivity index (χ0v) is 11.0. The highest BCUT2D eigenvalue weighted by Crippen LogP contribution is 2.19. The van der Waals surface area contributed by atoms with Gasteiger partial charge in [-0.05, 0) is 29.9 Å². The molecule has 2 rings (SSSR count). The predicted molar refractivity (Wildman–Crippen MR) is 71.3 cm³/mol. The molecular formula is C12H14N2S2. The molecule has 1 N–H and O–H groups in total. The molecule has 0 aliphatic heterocycles. The number of nitrogens with zero attached hydrogens (tertiary/aromatic N) is 1. The maximum absolute atomic E-state index is 5.19. The third-order valence-electron chi connectivity index (χ3n) is 2.22. The summed E-state index contributed by atoms with van der Waals surface area (Å²) in [7, 11) is 0. The van der Waals surface area contributed by atoms with E-state index >= 15 is 0 Å². The first-order valence-electron chi connectivity index (χ1n) is 5.28. The van der Waals surface area contributed by atoms with Gasteiger partial charge in [0.25, 0.3) is 0 Å². The molecule has 0 fully saturated rings. The van der Waals surface area contributed by atoms with Crippen LogP contribution in [0.5, 0.6) is 0 Å². The number of thiophene rings is 1. The topological polar surface area (TPSA) is 28.7 Å². The minimum atomic E-state index is 0.614. The molecule has 0 aliphatic rings. The Morgan fingerprint density at radius 1 is 1.50 bits per heavy atom. The van der Waals surface area contributed by atoms with Crippen LogP contribution in [0.4, 0.5) is 0 Å². The van der Waals surface area contributed by atoms with Crippen molar-refractivity contribution in [2.45, 2.75) is 20.3 Å². The van der Waals surface area contributed by atoms with E-state index in [1.165, 1.54) is 0 Å². The fourth-order valence-electron chi connectivity index (χ4n) is 1.59.